The highest BCUT2D eigenvalue weighted by Crippen LogP contribution is 2.60. The molecule has 0 aliphatic heterocycles. The van der Waals surface area contributed by atoms with Crippen molar-refractivity contribution in [1.82, 2.24) is 0 Å². The summed E-state index contributed by atoms with van der Waals surface area (Å²) >= 11 is 6.22. The van der Waals surface area contributed by atoms with Gasteiger partial charge in [0.2, 0.25) is 5.40 Å². The summed E-state index contributed by atoms with van der Waals surface area (Å²) in [6, 6.07) is 6.66. The van der Waals surface area contributed by atoms with E-state index in [1.807, 2.05) is 6.26 Å². The number of thioether (sulfide) groups is 1. The van der Waals surface area contributed by atoms with Gasteiger partial charge in [-0.25, -0.2) is 0 Å². The number of rotatable bonds is 5. The van der Waals surface area contributed by atoms with Crippen LogP contribution in [0.1, 0.15) is 0 Å². The minimum Gasteiger partial charge on any atom is -0.349 e. The number of thiocarbonyl (C=S) groups is 1. The van der Waals surface area contributed by atoms with Crippen LogP contribution < -0.4 is 5.32 Å². The van der Waals surface area contributed by atoms with E-state index < -0.39 is 25.6 Å². The molecule has 0 aliphatic carbocycles. The zero-order valence-electron chi connectivity index (χ0n) is 10.2. The Morgan fingerprint density at radius 2 is 1.60 bits per heavy atom. The van der Waals surface area contributed by atoms with Gasteiger partial charge in [0, 0.05) is 10.6 Å². The summed E-state index contributed by atoms with van der Waals surface area (Å²) < 4.78 is 22.4. The fraction of sp³-hybridized carbons (Fsp3) is 0.222. The summed E-state index contributed by atoms with van der Waals surface area (Å²) in [6.07, 6.45) is 1.88. The number of nitrogens with one attached hydrogen (secondary N) is 1. The van der Waals surface area contributed by atoms with Gasteiger partial charge in [0.05, 0.1) is 0 Å². The molecule has 112 valence electrons. The van der Waals surface area contributed by atoms with Crippen molar-refractivity contribution < 1.29 is 28.7 Å². The lowest BCUT2D eigenvalue weighted by atomic mass is 10.3. The molecule has 0 radical (unpaired) electrons. The molecule has 1 rings (SSSR count). The van der Waals surface area contributed by atoms with Crippen LogP contribution in [0.2, 0.25) is 0 Å². The van der Waals surface area contributed by atoms with Crippen LogP contribution in [0.4, 0.5) is 5.69 Å². The van der Waals surface area contributed by atoms with Crippen molar-refractivity contribution in [2.45, 2.75) is 10.3 Å². The summed E-state index contributed by atoms with van der Waals surface area (Å²) in [5, 5.41) is 0.102. The summed E-state index contributed by atoms with van der Waals surface area (Å²) in [5.41, 5.74) is 0.389. The van der Waals surface area contributed by atoms with Crippen molar-refractivity contribution in [3.63, 3.8) is 0 Å². The topological polar surface area (TPSA) is 127 Å². The Kier molecular flexibility index (Phi) is 5.95. The molecule has 0 heterocycles. The number of benzene rings is 1. The average Bonchev–Trinajstić information content (AvgIpc) is 2.25. The maximum Gasteiger partial charge on any atom is 0.347 e. The second-order valence-corrected chi connectivity index (χ2v) is 8.89. The van der Waals surface area contributed by atoms with Crippen molar-refractivity contribution in [3.8, 4) is 0 Å². The van der Waals surface area contributed by atoms with Crippen LogP contribution >= 0.6 is 39.2 Å². The van der Waals surface area contributed by atoms with Gasteiger partial charge in [0.1, 0.15) is 4.99 Å². The average molecular weight is 357 g/mol. The van der Waals surface area contributed by atoms with E-state index in [0.717, 1.165) is 4.90 Å². The fourth-order valence-corrected chi connectivity index (χ4v) is 5.04. The minimum absolute atomic E-state index is 0.389. The summed E-state index contributed by atoms with van der Waals surface area (Å²) in [4.78, 5) is 36.5. The highest BCUT2D eigenvalue weighted by atomic mass is 32.2. The quantitative estimate of drug-likeness (QED) is 0.305. The van der Waals surface area contributed by atoms with Crippen LogP contribution in [0, 0.1) is 0 Å². The van der Waals surface area contributed by atoms with Crippen LogP contribution in [-0.2, 0) is 9.13 Å². The van der Waals surface area contributed by atoms with Crippen molar-refractivity contribution in [3.05, 3.63) is 24.3 Å². The van der Waals surface area contributed by atoms with Gasteiger partial charge in [-0.15, -0.1) is 11.8 Å². The van der Waals surface area contributed by atoms with Crippen LogP contribution in [0.5, 0.6) is 0 Å². The molecular weight excluding hydrogens is 344 g/mol. The molecule has 0 unspecified atom stereocenters. The lowest BCUT2D eigenvalue weighted by molar-refractivity contribution is 0.350. The van der Waals surface area contributed by atoms with Crippen molar-refractivity contribution in [2.24, 2.45) is 0 Å². The predicted molar refractivity (Wildman–Crippen MR) is 82.3 cm³/mol. The molecule has 1 aromatic carbocycles. The monoisotopic (exact) mass is 357 g/mol. The van der Waals surface area contributed by atoms with Crippen molar-refractivity contribution in [2.75, 3.05) is 11.6 Å². The van der Waals surface area contributed by atoms with Gasteiger partial charge in [0.25, 0.3) is 0 Å². The molecule has 0 amide bonds. The molecule has 0 aliphatic rings. The summed E-state index contributed by atoms with van der Waals surface area (Å²) in [5.74, 6) is 0. The van der Waals surface area contributed by atoms with Gasteiger partial charge in [-0.3, -0.25) is 9.13 Å². The van der Waals surface area contributed by atoms with Gasteiger partial charge < -0.3 is 24.9 Å². The zero-order valence-corrected chi connectivity index (χ0v) is 13.6. The second kappa shape index (κ2) is 6.68. The third kappa shape index (κ3) is 4.95. The van der Waals surface area contributed by atoms with Gasteiger partial charge in [0.15, 0.2) is 0 Å². The van der Waals surface area contributed by atoms with Crippen molar-refractivity contribution >= 4 is 49.8 Å². The molecule has 20 heavy (non-hydrogen) atoms. The molecule has 0 bridgehead atoms. The Morgan fingerprint density at radius 1 is 1.15 bits per heavy atom. The van der Waals surface area contributed by atoms with Crippen LogP contribution in [-0.4, -0.2) is 36.2 Å². The minimum atomic E-state index is -5.08. The van der Waals surface area contributed by atoms with Gasteiger partial charge in [-0.2, -0.15) is 0 Å². The van der Waals surface area contributed by atoms with E-state index >= 15 is 0 Å². The highest BCUT2D eigenvalue weighted by molar-refractivity contribution is 7.98. The van der Waals surface area contributed by atoms with E-state index in [2.05, 4.69) is 5.32 Å². The summed E-state index contributed by atoms with van der Waals surface area (Å²) in [7, 11) is -10.2. The van der Waals surface area contributed by atoms with Crippen LogP contribution in [0.25, 0.3) is 0 Å². The molecule has 7 nitrogen and oxygen atoms in total. The van der Waals surface area contributed by atoms with E-state index in [-0.39, 0.29) is 0 Å². The summed E-state index contributed by atoms with van der Waals surface area (Å²) in [6.45, 7) is 0. The first-order chi connectivity index (χ1) is 9.05. The van der Waals surface area contributed by atoms with Crippen molar-refractivity contribution in [1.29, 1.82) is 0 Å². The first-order valence-electron chi connectivity index (χ1n) is 5.11. The van der Waals surface area contributed by atoms with Gasteiger partial charge in [-0.05, 0) is 30.5 Å². The Morgan fingerprint density at radius 3 is 1.95 bits per heavy atom. The Balaban J connectivity index is 2.97. The first-order valence-corrected chi connectivity index (χ1v) is 10.1. The number of hydrogen-bond donors (Lipinski definition) is 5. The standard InChI is InChI=1S/C9H13NO6P2S2/c1-20-7-4-2-6(3-5-7)10-8(19)9(17(11,12)13)18(14,15)16/h2-5,9H,1H3,(H,10,19)(H2,11,12,13)(H2,14,15,16). The lowest BCUT2D eigenvalue weighted by Gasteiger charge is -2.21. The molecular formula is C9H13NO6P2S2. The molecule has 0 saturated heterocycles. The second-order valence-electron chi connectivity index (χ2n) is 3.77. The molecule has 0 aromatic heterocycles. The molecule has 5 N–H and O–H groups in total. The Labute approximate surface area is 125 Å². The largest absolute Gasteiger partial charge is 0.349 e. The lowest BCUT2D eigenvalue weighted by Crippen LogP contribution is -2.26. The van der Waals surface area contributed by atoms with Gasteiger partial charge in [-0.1, -0.05) is 12.2 Å². The van der Waals surface area contributed by atoms with Crippen LogP contribution in [0.15, 0.2) is 29.2 Å². The number of hydrogen-bond acceptors (Lipinski definition) is 4. The Hall–Kier alpha value is -0.240. The molecule has 11 heteroatoms. The zero-order chi connectivity index (χ0) is 15.6. The number of anilines is 1. The smallest absolute Gasteiger partial charge is 0.347 e. The third-order valence-electron chi connectivity index (χ3n) is 2.23. The maximum atomic E-state index is 11.2. The van der Waals surface area contributed by atoms with Gasteiger partial charge >= 0.3 is 15.2 Å². The molecule has 1 aromatic rings. The van der Waals surface area contributed by atoms with E-state index in [4.69, 9.17) is 31.8 Å². The predicted octanol–water partition coefficient (Wildman–Crippen LogP) is 1.83. The van der Waals surface area contributed by atoms with E-state index in [0.29, 0.717) is 5.69 Å². The molecule has 0 fully saturated rings. The van der Waals surface area contributed by atoms with E-state index in [9.17, 15) is 9.13 Å². The van der Waals surface area contributed by atoms with E-state index in [1.165, 1.54) is 11.8 Å². The van der Waals surface area contributed by atoms with E-state index in [1.54, 1.807) is 24.3 Å². The normalized spacial score (nSPS) is 12.5. The maximum absolute atomic E-state index is 11.2. The highest BCUT2D eigenvalue weighted by Gasteiger charge is 2.46. The van der Waals surface area contributed by atoms with Crippen LogP contribution in [0.3, 0.4) is 0 Å². The SMILES string of the molecule is CSc1ccc(NC(=S)C(P(=O)(O)O)P(=O)(O)O)cc1. The molecule has 0 atom stereocenters. The molecule has 0 spiro atoms. The third-order valence-corrected chi connectivity index (χ3v) is 7.26. The first kappa shape index (κ1) is 17.8. The fourth-order valence-electron chi connectivity index (χ4n) is 1.38. The molecule has 0 saturated carbocycles. The Bertz CT molecular complexity index is 559.